The lowest BCUT2D eigenvalue weighted by molar-refractivity contribution is 0.123. The molecule has 0 aromatic carbocycles. The first-order chi connectivity index (χ1) is 9.99. The lowest BCUT2D eigenvalue weighted by atomic mass is 10.2. The number of nitrogens with one attached hydrogen (secondary N) is 1. The number of aromatic nitrogens is 2. The molecule has 0 saturated carbocycles. The zero-order chi connectivity index (χ0) is 15.4. The first kappa shape index (κ1) is 16.3. The zero-order valence-electron chi connectivity index (χ0n) is 13.8. The molecule has 0 amide bonds. The number of hydrogen-bond donors (Lipinski definition) is 2. The Kier molecular flexibility index (Phi) is 5.61. The molecule has 1 aliphatic rings. The number of aliphatic hydroxyl groups excluding tert-OH is 1. The van der Waals surface area contributed by atoms with Crippen molar-refractivity contribution in [2.24, 2.45) is 7.05 Å². The fraction of sp³-hybridized carbons (Fsp3) is 0.800. The normalized spacial score (nSPS) is 17.4. The summed E-state index contributed by atoms with van der Waals surface area (Å²) >= 11 is 0. The van der Waals surface area contributed by atoms with Crippen LogP contribution in [0.2, 0.25) is 0 Å². The highest BCUT2D eigenvalue weighted by molar-refractivity contribution is 5.48. The Bertz CT molecular complexity index is 451. The summed E-state index contributed by atoms with van der Waals surface area (Å²) in [5.74, 6) is 1.12. The van der Waals surface area contributed by atoms with Crippen molar-refractivity contribution in [2.75, 3.05) is 45.2 Å². The minimum absolute atomic E-state index is 0.303. The maximum Gasteiger partial charge on any atom is 0.130 e. The minimum atomic E-state index is -0.303. The number of likely N-dealkylation sites (tertiary alicyclic amines) is 1. The van der Waals surface area contributed by atoms with Crippen LogP contribution in [0, 0.1) is 6.92 Å². The summed E-state index contributed by atoms with van der Waals surface area (Å²) < 4.78 is 1.91. The Hall–Kier alpha value is -1.11. The van der Waals surface area contributed by atoms with Crippen molar-refractivity contribution in [3.63, 3.8) is 0 Å². The minimum Gasteiger partial charge on any atom is -0.390 e. The fourth-order valence-electron chi connectivity index (χ4n) is 3.15. The number of hydrogen-bond acceptors (Lipinski definition) is 5. The van der Waals surface area contributed by atoms with Gasteiger partial charge in [-0.05, 0) is 32.9 Å². The van der Waals surface area contributed by atoms with Gasteiger partial charge in [-0.2, -0.15) is 5.10 Å². The van der Waals surface area contributed by atoms with Gasteiger partial charge >= 0.3 is 0 Å². The topological polar surface area (TPSA) is 56.6 Å². The predicted molar refractivity (Wildman–Crippen MR) is 85.7 cm³/mol. The Morgan fingerprint density at radius 1 is 1.33 bits per heavy atom. The standard InChI is InChI=1S/C15H29N5O/c1-12-14(15(18(2)3)19(4)17-12)10-16-9-13(21)11-20-7-5-6-8-20/h13,16,21H,5-11H2,1-4H3/t13-/m0/s1. The van der Waals surface area contributed by atoms with E-state index in [-0.39, 0.29) is 6.10 Å². The number of aryl methyl sites for hydroxylation is 2. The first-order valence-electron chi connectivity index (χ1n) is 7.80. The molecule has 1 atom stereocenters. The van der Waals surface area contributed by atoms with Gasteiger partial charge in [-0.3, -0.25) is 4.68 Å². The molecule has 0 aliphatic carbocycles. The molecule has 120 valence electrons. The van der Waals surface area contributed by atoms with Gasteiger partial charge in [0.25, 0.3) is 0 Å². The number of β-amino-alcohol motifs (C(OH)–C–C–N with tert-alkyl or cyclic N) is 1. The molecule has 0 unspecified atom stereocenters. The van der Waals surface area contributed by atoms with Gasteiger partial charge < -0.3 is 20.2 Å². The second kappa shape index (κ2) is 7.24. The molecule has 2 N–H and O–H groups in total. The van der Waals surface area contributed by atoms with Crippen molar-refractivity contribution >= 4 is 5.82 Å². The van der Waals surface area contributed by atoms with Crippen LogP contribution in [-0.2, 0) is 13.6 Å². The summed E-state index contributed by atoms with van der Waals surface area (Å²) in [4.78, 5) is 4.42. The molecule has 21 heavy (non-hydrogen) atoms. The van der Waals surface area contributed by atoms with Crippen LogP contribution in [0.25, 0.3) is 0 Å². The SMILES string of the molecule is Cc1nn(C)c(N(C)C)c1CNC[C@H](O)CN1CCCC1. The summed E-state index contributed by atoms with van der Waals surface area (Å²) in [5, 5.41) is 18.0. The van der Waals surface area contributed by atoms with E-state index in [4.69, 9.17) is 0 Å². The van der Waals surface area contributed by atoms with E-state index < -0.39 is 0 Å². The van der Waals surface area contributed by atoms with Crippen molar-refractivity contribution in [1.82, 2.24) is 20.0 Å². The third-order valence-electron chi connectivity index (χ3n) is 4.09. The maximum absolute atomic E-state index is 10.1. The van der Waals surface area contributed by atoms with Crippen molar-refractivity contribution in [2.45, 2.75) is 32.4 Å². The van der Waals surface area contributed by atoms with Gasteiger partial charge in [0.2, 0.25) is 0 Å². The average molecular weight is 295 g/mol. The van der Waals surface area contributed by atoms with Gasteiger partial charge in [0.1, 0.15) is 5.82 Å². The van der Waals surface area contributed by atoms with Crippen LogP contribution in [0.4, 0.5) is 5.82 Å². The van der Waals surface area contributed by atoms with E-state index >= 15 is 0 Å². The molecule has 1 aliphatic heterocycles. The molecule has 0 spiro atoms. The van der Waals surface area contributed by atoms with E-state index in [2.05, 4.69) is 20.2 Å². The predicted octanol–water partition coefficient (Wildman–Crippen LogP) is 0.341. The first-order valence-corrected chi connectivity index (χ1v) is 7.80. The summed E-state index contributed by atoms with van der Waals surface area (Å²) in [7, 11) is 6.03. The Morgan fingerprint density at radius 2 is 2.00 bits per heavy atom. The highest BCUT2D eigenvalue weighted by Gasteiger charge is 2.17. The molecule has 6 nitrogen and oxygen atoms in total. The van der Waals surface area contributed by atoms with Crippen LogP contribution in [0.5, 0.6) is 0 Å². The fourth-order valence-corrected chi connectivity index (χ4v) is 3.15. The summed E-state index contributed by atoms with van der Waals surface area (Å²) in [5.41, 5.74) is 2.25. The van der Waals surface area contributed by atoms with Crippen LogP contribution in [-0.4, -0.2) is 66.2 Å². The lowest BCUT2D eigenvalue weighted by Crippen LogP contribution is -2.37. The molecule has 2 rings (SSSR count). The second-order valence-corrected chi connectivity index (χ2v) is 6.20. The Balaban J connectivity index is 1.82. The molecular weight excluding hydrogens is 266 g/mol. The maximum atomic E-state index is 10.1. The van der Waals surface area contributed by atoms with E-state index in [0.717, 1.165) is 37.7 Å². The monoisotopic (exact) mass is 295 g/mol. The molecule has 1 fully saturated rings. The van der Waals surface area contributed by atoms with Gasteiger partial charge in [0.15, 0.2) is 0 Å². The van der Waals surface area contributed by atoms with Crippen LogP contribution in [0.1, 0.15) is 24.1 Å². The number of anilines is 1. The quantitative estimate of drug-likeness (QED) is 0.760. The summed E-state index contributed by atoms with van der Waals surface area (Å²) in [6, 6.07) is 0. The molecule has 0 radical (unpaired) electrons. The highest BCUT2D eigenvalue weighted by Crippen LogP contribution is 2.20. The van der Waals surface area contributed by atoms with Crippen molar-refractivity contribution in [1.29, 1.82) is 0 Å². The van der Waals surface area contributed by atoms with Crippen LogP contribution < -0.4 is 10.2 Å². The average Bonchev–Trinajstić information content (AvgIpc) is 2.98. The smallest absolute Gasteiger partial charge is 0.130 e. The highest BCUT2D eigenvalue weighted by atomic mass is 16.3. The van der Waals surface area contributed by atoms with Gasteiger partial charge in [-0.15, -0.1) is 0 Å². The van der Waals surface area contributed by atoms with Gasteiger partial charge in [0, 0.05) is 46.3 Å². The molecule has 6 heteroatoms. The molecular formula is C15H29N5O. The summed E-state index contributed by atoms with van der Waals surface area (Å²) in [6.45, 7) is 6.43. The van der Waals surface area contributed by atoms with E-state index in [9.17, 15) is 5.11 Å². The van der Waals surface area contributed by atoms with Crippen LogP contribution in [0.15, 0.2) is 0 Å². The summed E-state index contributed by atoms with van der Waals surface area (Å²) in [6.07, 6.45) is 2.23. The van der Waals surface area contributed by atoms with Crippen molar-refractivity contribution in [3.8, 4) is 0 Å². The Labute approximate surface area is 127 Å². The van der Waals surface area contributed by atoms with Gasteiger partial charge in [-0.1, -0.05) is 0 Å². The number of aliphatic hydroxyl groups is 1. The molecule has 1 aromatic rings. The van der Waals surface area contributed by atoms with E-state index in [1.165, 1.54) is 18.4 Å². The largest absolute Gasteiger partial charge is 0.390 e. The third kappa shape index (κ3) is 4.18. The molecule has 1 saturated heterocycles. The molecule has 1 aromatic heterocycles. The van der Waals surface area contributed by atoms with Crippen molar-refractivity contribution < 1.29 is 5.11 Å². The zero-order valence-corrected chi connectivity index (χ0v) is 13.8. The molecule has 0 bridgehead atoms. The number of nitrogens with zero attached hydrogens (tertiary/aromatic N) is 4. The van der Waals surface area contributed by atoms with E-state index in [0.29, 0.717) is 6.54 Å². The lowest BCUT2D eigenvalue weighted by Gasteiger charge is -2.20. The van der Waals surface area contributed by atoms with E-state index in [1.54, 1.807) is 0 Å². The van der Waals surface area contributed by atoms with Crippen molar-refractivity contribution in [3.05, 3.63) is 11.3 Å². The van der Waals surface area contributed by atoms with Crippen LogP contribution in [0.3, 0.4) is 0 Å². The van der Waals surface area contributed by atoms with E-state index in [1.807, 2.05) is 32.7 Å². The van der Waals surface area contributed by atoms with Gasteiger partial charge in [-0.25, -0.2) is 0 Å². The number of rotatable bonds is 7. The third-order valence-corrected chi connectivity index (χ3v) is 4.09. The molecule has 2 heterocycles. The van der Waals surface area contributed by atoms with Gasteiger partial charge in [0.05, 0.1) is 11.8 Å². The Morgan fingerprint density at radius 3 is 2.62 bits per heavy atom. The second-order valence-electron chi connectivity index (χ2n) is 6.20. The van der Waals surface area contributed by atoms with Crippen LogP contribution >= 0.6 is 0 Å².